The van der Waals surface area contributed by atoms with Gasteiger partial charge in [-0.2, -0.15) is 15.2 Å². The Bertz CT molecular complexity index is 808. The van der Waals surface area contributed by atoms with Crippen molar-refractivity contribution in [3.05, 3.63) is 11.5 Å². The number of nitrogens with one attached hydrogen (secondary N) is 2. The van der Waals surface area contributed by atoms with Gasteiger partial charge in [0.2, 0.25) is 0 Å². The third kappa shape index (κ3) is 3.72. The fraction of sp³-hybridized carbons (Fsp3) is 0.706. The molecule has 0 spiro atoms. The molecule has 0 radical (unpaired) electrons. The standard InChI is InChI=1S/C17H28N10/c1-11-14(15(18)27(24-11)16-19-9-6-10-20-16)22-23-17-21-12(2)25-26(17)13-7-4-3-5-8-13/h13,16,19-20H,3-10,18H2,1-2H3. The number of hydrogen-bond donors (Lipinski definition) is 3. The molecule has 0 bridgehead atoms. The Labute approximate surface area is 158 Å². The van der Waals surface area contributed by atoms with Crippen molar-refractivity contribution in [2.24, 2.45) is 10.2 Å². The van der Waals surface area contributed by atoms with Gasteiger partial charge in [-0.25, -0.2) is 9.36 Å². The number of anilines is 1. The zero-order valence-electron chi connectivity index (χ0n) is 16.0. The topological polar surface area (TPSA) is 123 Å². The second-order valence-corrected chi connectivity index (χ2v) is 7.32. The highest BCUT2D eigenvalue weighted by Gasteiger charge is 2.22. The quantitative estimate of drug-likeness (QED) is 0.709. The van der Waals surface area contributed by atoms with Crippen LogP contribution in [0.1, 0.15) is 62.4 Å². The third-order valence-electron chi connectivity index (χ3n) is 5.24. The molecule has 0 unspecified atom stereocenters. The first-order valence-electron chi connectivity index (χ1n) is 9.79. The first-order chi connectivity index (χ1) is 13.1. The molecule has 2 aliphatic rings. The van der Waals surface area contributed by atoms with Crippen LogP contribution in [-0.2, 0) is 0 Å². The summed E-state index contributed by atoms with van der Waals surface area (Å²) in [5.74, 6) is 1.74. The summed E-state index contributed by atoms with van der Waals surface area (Å²) >= 11 is 0. The van der Waals surface area contributed by atoms with E-state index in [1.807, 2.05) is 18.5 Å². The zero-order valence-corrected chi connectivity index (χ0v) is 16.0. The molecule has 4 N–H and O–H groups in total. The van der Waals surface area contributed by atoms with Gasteiger partial charge in [0, 0.05) is 0 Å². The van der Waals surface area contributed by atoms with E-state index in [9.17, 15) is 0 Å². The third-order valence-corrected chi connectivity index (χ3v) is 5.24. The van der Waals surface area contributed by atoms with Crippen LogP contribution in [0.3, 0.4) is 0 Å². The average molecular weight is 372 g/mol. The minimum atomic E-state index is -0.116. The van der Waals surface area contributed by atoms with Crippen LogP contribution in [0.4, 0.5) is 17.5 Å². The fourth-order valence-electron chi connectivity index (χ4n) is 3.84. The summed E-state index contributed by atoms with van der Waals surface area (Å²) in [7, 11) is 0. The predicted octanol–water partition coefficient (Wildman–Crippen LogP) is 2.63. The van der Waals surface area contributed by atoms with Gasteiger partial charge >= 0.3 is 0 Å². The van der Waals surface area contributed by atoms with E-state index in [4.69, 9.17) is 5.73 Å². The van der Waals surface area contributed by atoms with Crippen LogP contribution in [-0.4, -0.2) is 37.6 Å². The Hall–Kier alpha value is -2.33. The van der Waals surface area contributed by atoms with Crippen molar-refractivity contribution >= 4 is 17.5 Å². The molecule has 2 fully saturated rings. The summed E-state index contributed by atoms with van der Waals surface area (Å²) in [5.41, 5.74) is 7.63. The average Bonchev–Trinajstić information content (AvgIpc) is 3.21. The van der Waals surface area contributed by atoms with E-state index in [0.717, 1.165) is 38.0 Å². The highest BCUT2D eigenvalue weighted by atomic mass is 15.5. The molecule has 1 saturated heterocycles. The maximum Gasteiger partial charge on any atom is 0.267 e. The molecule has 2 aromatic heterocycles. The maximum absolute atomic E-state index is 6.31. The molecule has 0 atom stereocenters. The number of rotatable bonds is 4. The Morgan fingerprint density at radius 1 is 0.963 bits per heavy atom. The fourth-order valence-corrected chi connectivity index (χ4v) is 3.84. The summed E-state index contributed by atoms with van der Waals surface area (Å²) < 4.78 is 3.66. The van der Waals surface area contributed by atoms with E-state index in [-0.39, 0.29) is 6.29 Å². The summed E-state index contributed by atoms with van der Waals surface area (Å²) in [6.07, 6.45) is 6.93. The highest BCUT2D eigenvalue weighted by molar-refractivity contribution is 5.61. The van der Waals surface area contributed by atoms with E-state index in [1.54, 1.807) is 4.68 Å². The van der Waals surface area contributed by atoms with E-state index in [2.05, 4.69) is 36.0 Å². The SMILES string of the molecule is Cc1nc(N=Nc2c(C)nn(C3NCCCN3)c2N)n(C2CCCCC2)n1. The first-order valence-corrected chi connectivity index (χ1v) is 9.79. The van der Waals surface area contributed by atoms with Crippen LogP contribution in [0.15, 0.2) is 10.2 Å². The molecule has 1 saturated carbocycles. The van der Waals surface area contributed by atoms with Crippen LogP contribution < -0.4 is 16.4 Å². The number of azo groups is 1. The van der Waals surface area contributed by atoms with E-state index >= 15 is 0 Å². The summed E-state index contributed by atoms with van der Waals surface area (Å²) in [5, 5.41) is 24.6. The maximum atomic E-state index is 6.31. The van der Waals surface area contributed by atoms with Gasteiger partial charge in [-0.1, -0.05) is 19.3 Å². The Kier molecular flexibility index (Phi) is 5.17. The Balaban J connectivity index is 1.59. The lowest BCUT2D eigenvalue weighted by Gasteiger charge is -2.25. The van der Waals surface area contributed by atoms with Crippen LogP contribution in [0, 0.1) is 13.8 Å². The molecule has 4 rings (SSSR count). The van der Waals surface area contributed by atoms with Crippen LogP contribution in [0.25, 0.3) is 0 Å². The number of aryl methyl sites for hydroxylation is 2. The number of aromatic nitrogens is 5. The molecular weight excluding hydrogens is 344 g/mol. The van der Waals surface area contributed by atoms with Crippen molar-refractivity contribution in [3.63, 3.8) is 0 Å². The Morgan fingerprint density at radius 2 is 1.70 bits per heavy atom. The van der Waals surface area contributed by atoms with Gasteiger partial charge in [0.1, 0.15) is 5.82 Å². The van der Waals surface area contributed by atoms with Gasteiger partial charge in [0.05, 0.1) is 11.7 Å². The minimum absolute atomic E-state index is 0.116. The second-order valence-electron chi connectivity index (χ2n) is 7.32. The number of nitrogens with two attached hydrogens (primary N) is 1. The van der Waals surface area contributed by atoms with Gasteiger partial charge in [-0.05, 0) is 46.2 Å². The summed E-state index contributed by atoms with van der Waals surface area (Å²) in [4.78, 5) is 4.46. The van der Waals surface area contributed by atoms with Crippen molar-refractivity contribution in [2.75, 3.05) is 18.8 Å². The predicted molar refractivity (Wildman–Crippen MR) is 102 cm³/mol. The van der Waals surface area contributed by atoms with Gasteiger partial charge in [0.15, 0.2) is 17.8 Å². The van der Waals surface area contributed by atoms with Gasteiger partial charge < -0.3 is 5.73 Å². The van der Waals surface area contributed by atoms with E-state index in [1.165, 1.54) is 19.3 Å². The monoisotopic (exact) mass is 372 g/mol. The highest BCUT2D eigenvalue weighted by Crippen LogP contribution is 2.33. The molecular formula is C17H28N10. The van der Waals surface area contributed by atoms with Crippen molar-refractivity contribution in [1.82, 2.24) is 35.2 Å². The molecule has 3 heterocycles. The molecule has 2 aromatic rings. The van der Waals surface area contributed by atoms with Crippen LogP contribution in [0.5, 0.6) is 0 Å². The van der Waals surface area contributed by atoms with Crippen molar-refractivity contribution < 1.29 is 0 Å². The van der Waals surface area contributed by atoms with Gasteiger partial charge in [-0.15, -0.1) is 10.2 Å². The molecule has 146 valence electrons. The largest absolute Gasteiger partial charge is 0.382 e. The summed E-state index contributed by atoms with van der Waals surface area (Å²) in [6.45, 7) is 5.63. The van der Waals surface area contributed by atoms with E-state index < -0.39 is 0 Å². The summed E-state index contributed by atoms with van der Waals surface area (Å²) in [6, 6.07) is 0.353. The normalized spacial score (nSPS) is 19.9. The molecule has 0 aromatic carbocycles. The lowest BCUT2D eigenvalue weighted by Crippen LogP contribution is -2.45. The van der Waals surface area contributed by atoms with Crippen molar-refractivity contribution in [1.29, 1.82) is 0 Å². The molecule has 10 heteroatoms. The second kappa shape index (κ2) is 7.73. The van der Waals surface area contributed by atoms with E-state index in [0.29, 0.717) is 29.3 Å². The van der Waals surface area contributed by atoms with Crippen LogP contribution >= 0.6 is 0 Å². The zero-order chi connectivity index (χ0) is 18.8. The van der Waals surface area contributed by atoms with Gasteiger partial charge in [0.25, 0.3) is 5.95 Å². The number of nitrogen functional groups attached to an aromatic ring is 1. The lowest BCUT2D eigenvalue weighted by molar-refractivity contribution is 0.270. The van der Waals surface area contributed by atoms with Crippen molar-refractivity contribution in [2.45, 2.75) is 64.7 Å². The molecule has 0 amide bonds. The molecule has 27 heavy (non-hydrogen) atoms. The Morgan fingerprint density at radius 3 is 2.44 bits per heavy atom. The lowest BCUT2D eigenvalue weighted by atomic mass is 9.96. The van der Waals surface area contributed by atoms with Crippen LogP contribution in [0.2, 0.25) is 0 Å². The van der Waals surface area contributed by atoms with Crippen molar-refractivity contribution in [3.8, 4) is 0 Å². The number of nitrogens with zero attached hydrogens (tertiary/aromatic N) is 7. The van der Waals surface area contributed by atoms with Gasteiger partial charge in [-0.3, -0.25) is 10.6 Å². The minimum Gasteiger partial charge on any atom is -0.382 e. The first kappa shape index (κ1) is 18.1. The molecule has 10 nitrogen and oxygen atoms in total. The number of hydrogen-bond acceptors (Lipinski definition) is 8. The molecule has 1 aliphatic carbocycles. The molecule has 1 aliphatic heterocycles. The smallest absolute Gasteiger partial charge is 0.267 e.